The monoisotopic (exact) mass is 285 g/mol. The molecule has 0 radical (unpaired) electrons. The Morgan fingerprint density at radius 3 is 2.57 bits per heavy atom. The van der Waals surface area contributed by atoms with Gasteiger partial charge in [-0.2, -0.15) is 0 Å². The molecule has 21 heavy (non-hydrogen) atoms. The molecular formula is C16H12FNO3. The van der Waals surface area contributed by atoms with Gasteiger partial charge in [-0.15, -0.1) is 0 Å². The summed E-state index contributed by atoms with van der Waals surface area (Å²) in [6.45, 7) is 1.62. The van der Waals surface area contributed by atoms with E-state index >= 15 is 0 Å². The molecule has 0 spiro atoms. The Hall–Kier alpha value is -2.82. The maximum atomic E-state index is 14.1. The first kappa shape index (κ1) is 13.2. The summed E-state index contributed by atoms with van der Waals surface area (Å²) in [5.74, 6) is -1.59. The molecule has 1 aromatic heterocycles. The Morgan fingerprint density at radius 1 is 1.19 bits per heavy atom. The maximum Gasteiger partial charge on any atom is 0.338 e. The van der Waals surface area contributed by atoms with Crippen molar-refractivity contribution in [3.63, 3.8) is 0 Å². The summed E-state index contributed by atoms with van der Waals surface area (Å²) in [4.78, 5) is 11.5. The van der Waals surface area contributed by atoms with Gasteiger partial charge in [-0.25, -0.2) is 9.18 Å². The highest BCUT2D eigenvalue weighted by molar-refractivity contribution is 6.06. The van der Waals surface area contributed by atoms with E-state index in [0.717, 1.165) is 0 Å². The van der Waals surface area contributed by atoms with Crippen LogP contribution in [-0.2, 0) is 0 Å². The summed E-state index contributed by atoms with van der Waals surface area (Å²) >= 11 is 0. The van der Waals surface area contributed by atoms with Crippen LogP contribution in [0.3, 0.4) is 0 Å². The Kier molecular flexibility index (Phi) is 2.90. The third-order valence-electron chi connectivity index (χ3n) is 3.49. The zero-order valence-corrected chi connectivity index (χ0v) is 11.2. The normalized spacial score (nSPS) is 11.0. The standard InChI is InChI=1S/C16H12FNO3/c1-9-15(16(20)21)11-8-10(19)6-7-13(11)18(9)14-5-3-2-4-12(14)17/h2-8,19H,1H3,(H,20,21). The molecule has 2 aromatic carbocycles. The van der Waals surface area contributed by atoms with Gasteiger partial charge < -0.3 is 14.8 Å². The quantitative estimate of drug-likeness (QED) is 0.757. The van der Waals surface area contributed by atoms with Gasteiger partial charge in [0.2, 0.25) is 0 Å². The summed E-state index contributed by atoms with van der Waals surface area (Å²) in [7, 11) is 0. The van der Waals surface area contributed by atoms with Gasteiger partial charge in [-0.3, -0.25) is 0 Å². The Balaban J connectivity index is 2.47. The number of para-hydroxylation sites is 1. The van der Waals surface area contributed by atoms with Crippen molar-refractivity contribution in [3.05, 3.63) is 59.5 Å². The molecule has 106 valence electrons. The molecule has 0 aliphatic rings. The minimum absolute atomic E-state index is 0.0318. The number of carboxylic acid groups (broad SMARTS) is 1. The van der Waals surface area contributed by atoms with Crippen LogP contribution in [0.4, 0.5) is 4.39 Å². The number of nitrogens with zero attached hydrogens (tertiary/aromatic N) is 1. The third-order valence-corrected chi connectivity index (χ3v) is 3.49. The van der Waals surface area contributed by atoms with Crippen LogP contribution >= 0.6 is 0 Å². The number of carboxylic acids is 1. The SMILES string of the molecule is Cc1c(C(=O)O)c2cc(O)ccc2n1-c1ccccc1F. The fraction of sp³-hybridized carbons (Fsp3) is 0.0625. The van der Waals surface area contributed by atoms with Gasteiger partial charge in [0.25, 0.3) is 0 Å². The van der Waals surface area contributed by atoms with Crippen LogP contribution in [0.25, 0.3) is 16.6 Å². The van der Waals surface area contributed by atoms with Crippen molar-refractivity contribution in [1.29, 1.82) is 0 Å². The van der Waals surface area contributed by atoms with E-state index in [4.69, 9.17) is 0 Å². The number of fused-ring (bicyclic) bond motifs is 1. The van der Waals surface area contributed by atoms with Crippen molar-refractivity contribution in [2.75, 3.05) is 0 Å². The summed E-state index contributed by atoms with van der Waals surface area (Å²) < 4.78 is 15.6. The summed E-state index contributed by atoms with van der Waals surface area (Å²) in [5, 5.41) is 19.4. The molecule has 2 N–H and O–H groups in total. The van der Waals surface area contributed by atoms with E-state index in [1.165, 1.54) is 18.2 Å². The highest BCUT2D eigenvalue weighted by Gasteiger charge is 2.21. The molecule has 0 fully saturated rings. The first-order valence-electron chi connectivity index (χ1n) is 6.33. The van der Waals surface area contributed by atoms with Crippen LogP contribution in [-0.4, -0.2) is 20.7 Å². The van der Waals surface area contributed by atoms with E-state index < -0.39 is 11.8 Å². The van der Waals surface area contributed by atoms with Crippen LogP contribution in [0.5, 0.6) is 5.75 Å². The second kappa shape index (κ2) is 4.63. The highest BCUT2D eigenvalue weighted by atomic mass is 19.1. The highest BCUT2D eigenvalue weighted by Crippen LogP contribution is 2.32. The molecule has 1 heterocycles. The van der Waals surface area contributed by atoms with Crippen LogP contribution < -0.4 is 0 Å². The summed E-state index contributed by atoms with van der Waals surface area (Å²) in [6.07, 6.45) is 0. The summed E-state index contributed by atoms with van der Waals surface area (Å²) in [5.41, 5.74) is 1.28. The van der Waals surface area contributed by atoms with Gasteiger partial charge in [0, 0.05) is 11.1 Å². The Labute approximate surface area is 119 Å². The van der Waals surface area contributed by atoms with Crippen molar-refractivity contribution >= 4 is 16.9 Å². The van der Waals surface area contributed by atoms with Crippen molar-refractivity contribution in [1.82, 2.24) is 4.57 Å². The molecule has 0 unspecified atom stereocenters. The van der Waals surface area contributed by atoms with Crippen molar-refractivity contribution < 1.29 is 19.4 Å². The van der Waals surface area contributed by atoms with E-state index in [2.05, 4.69) is 0 Å². The van der Waals surface area contributed by atoms with Crippen LogP contribution in [0.15, 0.2) is 42.5 Å². The van der Waals surface area contributed by atoms with Gasteiger partial charge in [0.05, 0.1) is 16.8 Å². The average Bonchev–Trinajstić information content (AvgIpc) is 2.71. The fourth-order valence-electron chi connectivity index (χ4n) is 2.62. The number of benzene rings is 2. The molecule has 5 heteroatoms. The lowest BCUT2D eigenvalue weighted by Gasteiger charge is -2.09. The molecular weight excluding hydrogens is 273 g/mol. The number of hydrogen-bond donors (Lipinski definition) is 2. The molecule has 0 bridgehead atoms. The lowest BCUT2D eigenvalue weighted by Crippen LogP contribution is -2.03. The zero-order valence-electron chi connectivity index (χ0n) is 11.2. The van der Waals surface area contributed by atoms with E-state index in [1.54, 1.807) is 35.8 Å². The smallest absolute Gasteiger partial charge is 0.338 e. The Bertz CT molecular complexity index is 867. The number of aromatic nitrogens is 1. The van der Waals surface area contributed by atoms with Gasteiger partial charge in [0.15, 0.2) is 0 Å². The second-order valence-electron chi connectivity index (χ2n) is 4.75. The number of aromatic hydroxyl groups is 1. The lowest BCUT2D eigenvalue weighted by atomic mass is 10.1. The topological polar surface area (TPSA) is 62.5 Å². The average molecular weight is 285 g/mol. The molecule has 3 aromatic rings. The predicted molar refractivity (Wildman–Crippen MR) is 76.6 cm³/mol. The van der Waals surface area contributed by atoms with E-state index in [-0.39, 0.29) is 17.0 Å². The second-order valence-corrected chi connectivity index (χ2v) is 4.75. The van der Waals surface area contributed by atoms with Gasteiger partial charge in [-0.1, -0.05) is 12.1 Å². The van der Waals surface area contributed by atoms with Gasteiger partial charge in [0.1, 0.15) is 11.6 Å². The molecule has 3 rings (SSSR count). The molecule has 0 aliphatic heterocycles. The zero-order chi connectivity index (χ0) is 15.1. The fourth-order valence-corrected chi connectivity index (χ4v) is 2.62. The molecule has 4 nitrogen and oxygen atoms in total. The lowest BCUT2D eigenvalue weighted by molar-refractivity contribution is 0.0698. The predicted octanol–water partition coefficient (Wildman–Crippen LogP) is 3.48. The molecule has 0 amide bonds. The number of phenols is 1. The third kappa shape index (κ3) is 1.94. The van der Waals surface area contributed by atoms with Crippen LogP contribution in [0.2, 0.25) is 0 Å². The van der Waals surface area contributed by atoms with Crippen molar-refractivity contribution in [2.24, 2.45) is 0 Å². The Morgan fingerprint density at radius 2 is 1.90 bits per heavy atom. The van der Waals surface area contributed by atoms with Crippen molar-refractivity contribution in [3.8, 4) is 11.4 Å². The largest absolute Gasteiger partial charge is 0.508 e. The first-order valence-corrected chi connectivity index (χ1v) is 6.33. The number of carbonyl (C=O) groups is 1. The number of aromatic carboxylic acids is 1. The van der Waals surface area contributed by atoms with Gasteiger partial charge >= 0.3 is 5.97 Å². The number of rotatable bonds is 2. The summed E-state index contributed by atoms with van der Waals surface area (Å²) in [6, 6.07) is 10.6. The minimum atomic E-state index is -1.11. The van der Waals surface area contributed by atoms with Crippen LogP contribution in [0, 0.1) is 12.7 Å². The number of phenolic OH excluding ortho intramolecular Hbond substituents is 1. The van der Waals surface area contributed by atoms with E-state index in [9.17, 15) is 19.4 Å². The van der Waals surface area contributed by atoms with Crippen molar-refractivity contribution in [2.45, 2.75) is 6.92 Å². The molecule has 0 saturated heterocycles. The van der Waals surface area contributed by atoms with Gasteiger partial charge in [-0.05, 0) is 37.3 Å². The number of halogens is 1. The first-order chi connectivity index (χ1) is 10.0. The number of hydrogen-bond acceptors (Lipinski definition) is 2. The maximum absolute atomic E-state index is 14.1. The van der Waals surface area contributed by atoms with E-state index in [0.29, 0.717) is 16.6 Å². The van der Waals surface area contributed by atoms with Crippen LogP contribution in [0.1, 0.15) is 16.1 Å². The molecule has 0 aliphatic carbocycles. The molecule has 0 saturated carbocycles. The molecule has 0 atom stereocenters. The van der Waals surface area contributed by atoms with E-state index in [1.807, 2.05) is 0 Å². The minimum Gasteiger partial charge on any atom is -0.508 e.